The predicted molar refractivity (Wildman–Crippen MR) is 180 cm³/mol. The number of fused-ring (bicyclic) bond motifs is 1. The highest BCUT2D eigenvalue weighted by Gasteiger charge is 2.24. The second kappa shape index (κ2) is 13.6. The Hall–Kier alpha value is -4.86. The molecule has 6 rings (SSSR count). The number of nitrogens with zero attached hydrogens (tertiary/aromatic N) is 5. The Morgan fingerprint density at radius 3 is 2.20 bits per heavy atom. The van der Waals surface area contributed by atoms with E-state index in [0.29, 0.717) is 6.61 Å². The van der Waals surface area contributed by atoms with Gasteiger partial charge in [0.25, 0.3) is 0 Å². The van der Waals surface area contributed by atoms with Crippen LogP contribution >= 0.6 is 11.3 Å². The number of likely N-dealkylation sites (N-methyl/N-ethyl adjacent to an activating group) is 1. The molecule has 0 atom stereocenters. The first-order chi connectivity index (χ1) is 21.6. The molecule has 3 aromatic carbocycles. The van der Waals surface area contributed by atoms with Gasteiger partial charge < -0.3 is 19.9 Å². The molecule has 0 bridgehead atoms. The minimum atomic E-state index is -0.402. The van der Waals surface area contributed by atoms with Crippen molar-refractivity contribution in [2.75, 3.05) is 45.2 Å². The standard InChI is InChI=1S/C35H34N6O2S/c1-3-43-29(42)20-19-28-33(37-35(36-27-17-11-6-12-18-27)41-23-21-40(2)22-24-41)31-30(25-13-7-4-8-14-25)32(38-39-34(31)44-28)26-15-9-5-10-16-26/h4-20H,3,21-24H2,1-2H3,(H,36,37)/b20-19+. The number of para-hydroxylation sites is 1. The smallest absolute Gasteiger partial charge is 0.330 e. The number of esters is 1. The highest BCUT2D eigenvalue weighted by atomic mass is 32.1. The van der Waals surface area contributed by atoms with Crippen LogP contribution in [0.15, 0.2) is 102 Å². The van der Waals surface area contributed by atoms with Gasteiger partial charge in [0.05, 0.1) is 17.2 Å². The molecule has 0 saturated carbocycles. The van der Waals surface area contributed by atoms with Crippen molar-refractivity contribution >= 4 is 50.9 Å². The third-order valence-electron chi connectivity index (χ3n) is 7.44. The Balaban J connectivity index is 1.62. The molecule has 8 nitrogen and oxygen atoms in total. The average Bonchev–Trinajstić information content (AvgIpc) is 3.42. The van der Waals surface area contributed by atoms with Crippen molar-refractivity contribution in [2.24, 2.45) is 4.99 Å². The first-order valence-corrected chi connectivity index (χ1v) is 15.6. The van der Waals surface area contributed by atoms with Crippen LogP contribution in [0.3, 0.4) is 0 Å². The van der Waals surface area contributed by atoms with E-state index in [-0.39, 0.29) is 0 Å². The highest BCUT2D eigenvalue weighted by Crippen LogP contribution is 2.46. The molecular formula is C35H34N6O2S. The normalized spacial score (nSPS) is 14.3. The molecule has 2 aromatic heterocycles. The van der Waals surface area contributed by atoms with E-state index < -0.39 is 5.97 Å². The van der Waals surface area contributed by atoms with Crippen LogP contribution in [0, 0.1) is 0 Å². The van der Waals surface area contributed by atoms with Gasteiger partial charge in [-0.1, -0.05) is 78.9 Å². The lowest BCUT2D eigenvalue weighted by Crippen LogP contribution is -2.49. The van der Waals surface area contributed by atoms with E-state index in [4.69, 9.17) is 19.9 Å². The van der Waals surface area contributed by atoms with Crippen molar-refractivity contribution in [3.8, 4) is 22.4 Å². The van der Waals surface area contributed by atoms with Crippen LogP contribution in [0.1, 0.15) is 11.8 Å². The first kappa shape index (κ1) is 29.2. The molecule has 0 radical (unpaired) electrons. The predicted octanol–water partition coefficient (Wildman–Crippen LogP) is 6.95. The zero-order valence-corrected chi connectivity index (χ0v) is 25.6. The number of piperazine rings is 1. The number of carbonyl (C=O) groups is 1. The molecule has 222 valence electrons. The molecule has 9 heteroatoms. The molecule has 1 aliphatic heterocycles. The van der Waals surface area contributed by atoms with Crippen molar-refractivity contribution in [2.45, 2.75) is 6.92 Å². The highest BCUT2D eigenvalue weighted by molar-refractivity contribution is 7.20. The number of aliphatic imine (C=N–C) groups is 1. The van der Waals surface area contributed by atoms with E-state index in [1.165, 1.54) is 17.4 Å². The lowest BCUT2D eigenvalue weighted by atomic mass is 9.96. The second-order valence-electron chi connectivity index (χ2n) is 10.5. The van der Waals surface area contributed by atoms with Gasteiger partial charge in [0.1, 0.15) is 10.5 Å². The summed E-state index contributed by atoms with van der Waals surface area (Å²) in [4.78, 5) is 23.9. The number of rotatable bonds is 7. The van der Waals surface area contributed by atoms with Gasteiger partial charge in [-0.2, -0.15) is 0 Å². The molecule has 0 amide bonds. The summed E-state index contributed by atoms with van der Waals surface area (Å²) in [5.41, 5.74) is 5.38. The van der Waals surface area contributed by atoms with Crippen molar-refractivity contribution in [3.05, 3.63) is 102 Å². The van der Waals surface area contributed by atoms with E-state index in [9.17, 15) is 4.79 Å². The Morgan fingerprint density at radius 1 is 0.909 bits per heavy atom. The van der Waals surface area contributed by atoms with E-state index in [2.05, 4.69) is 34.3 Å². The molecule has 1 saturated heterocycles. The molecule has 0 aliphatic carbocycles. The number of hydrogen-bond donors (Lipinski definition) is 1. The number of ether oxygens (including phenoxy) is 1. The van der Waals surface area contributed by atoms with Gasteiger partial charge in [0.15, 0.2) is 0 Å². The minimum absolute atomic E-state index is 0.305. The maximum Gasteiger partial charge on any atom is 0.330 e. The minimum Gasteiger partial charge on any atom is -0.463 e. The molecule has 3 heterocycles. The fourth-order valence-corrected chi connectivity index (χ4v) is 6.15. The van der Waals surface area contributed by atoms with Gasteiger partial charge in [0, 0.05) is 54.5 Å². The van der Waals surface area contributed by atoms with E-state index in [1.807, 2.05) is 78.9 Å². The molecule has 0 spiro atoms. The van der Waals surface area contributed by atoms with E-state index in [1.54, 1.807) is 13.0 Å². The summed E-state index contributed by atoms with van der Waals surface area (Å²) < 4.78 is 5.20. The van der Waals surface area contributed by atoms with E-state index in [0.717, 1.165) is 81.0 Å². The van der Waals surface area contributed by atoms with Crippen LogP contribution in [0.2, 0.25) is 0 Å². The number of carbonyl (C=O) groups excluding carboxylic acids is 1. The molecular weight excluding hydrogens is 568 g/mol. The quantitative estimate of drug-likeness (QED) is 0.0934. The van der Waals surface area contributed by atoms with E-state index >= 15 is 0 Å². The monoisotopic (exact) mass is 602 g/mol. The fraction of sp³-hybridized carbons (Fsp3) is 0.200. The average molecular weight is 603 g/mol. The Kier molecular flexibility index (Phi) is 9.05. The summed E-state index contributed by atoms with van der Waals surface area (Å²) in [7, 11) is 2.14. The molecule has 5 aromatic rings. The van der Waals surface area contributed by atoms with Crippen LogP contribution in [0.4, 0.5) is 11.4 Å². The SMILES string of the molecule is CCOC(=O)/C=C/c1sc2nnc(-c3ccccc3)c(-c3ccccc3)c2c1N=C(Nc1ccccc1)N1CCN(C)CC1. The number of nitrogens with one attached hydrogen (secondary N) is 1. The van der Waals surface area contributed by atoms with Gasteiger partial charge in [-0.05, 0) is 37.7 Å². The molecule has 1 aliphatic rings. The molecule has 1 fully saturated rings. The third kappa shape index (κ3) is 6.54. The Morgan fingerprint density at radius 2 is 1.55 bits per heavy atom. The summed E-state index contributed by atoms with van der Waals surface area (Å²) in [5, 5.41) is 13.9. The van der Waals surface area contributed by atoms with Crippen LogP contribution in [0.25, 0.3) is 38.7 Å². The van der Waals surface area contributed by atoms with Crippen LogP contribution in [-0.4, -0.2) is 71.8 Å². The van der Waals surface area contributed by atoms with Gasteiger partial charge in [-0.25, -0.2) is 9.79 Å². The van der Waals surface area contributed by atoms with Gasteiger partial charge in [0.2, 0.25) is 5.96 Å². The zero-order chi connectivity index (χ0) is 30.3. The largest absolute Gasteiger partial charge is 0.463 e. The maximum absolute atomic E-state index is 12.4. The van der Waals surface area contributed by atoms with Crippen LogP contribution in [-0.2, 0) is 9.53 Å². The number of guanidine groups is 1. The van der Waals surface area contributed by atoms with Gasteiger partial charge in [-0.15, -0.1) is 21.5 Å². The first-order valence-electron chi connectivity index (χ1n) is 14.7. The summed E-state index contributed by atoms with van der Waals surface area (Å²) in [5.74, 6) is 0.341. The number of anilines is 1. The number of hydrogen-bond acceptors (Lipinski definition) is 7. The summed E-state index contributed by atoms with van der Waals surface area (Å²) in [6, 6.07) is 30.4. The zero-order valence-electron chi connectivity index (χ0n) is 24.8. The van der Waals surface area contributed by atoms with Crippen molar-refractivity contribution in [3.63, 3.8) is 0 Å². The molecule has 44 heavy (non-hydrogen) atoms. The van der Waals surface area contributed by atoms with Crippen molar-refractivity contribution in [1.29, 1.82) is 0 Å². The summed E-state index contributed by atoms with van der Waals surface area (Å²) in [6.45, 7) is 5.60. The van der Waals surface area contributed by atoms with Gasteiger partial charge in [-0.3, -0.25) is 0 Å². The summed E-state index contributed by atoms with van der Waals surface area (Å²) in [6.07, 6.45) is 3.24. The third-order valence-corrected chi connectivity index (χ3v) is 8.46. The Bertz CT molecular complexity index is 1780. The van der Waals surface area contributed by atoms with Crippen LogP contribution < -0.4 is 5.32 Å². The second-order valence-corrected chi connectivity index (χ2v) is 11.5. The summed E-state index contributed by atoms with van der Waals surface area (Å²) >= 11 is 1.46. The van der Waals surface area contributed by atoms with Crippen molar-refractivity contribution in [1.82, 2.24) is 20.0 Å². The molecule has 0 unspecified atom stereocenters. The topological polar surface area (TPSA) is 82.9 Å². The fourth-order valence-electron chi connectivity index (χ4n) is 5.18. The van der Waals surface area contributed by atoms with Gasteiger partial charge >= 0.3 is 5.97 Å². The number of benzene rings is 3. The maximum atomic E-state index is 12.4. The number of aromatic nitrogens is 2. The lowest BCUT2D eigenvalue weighted by Gasteiger charge is -2.34. The van der Waals surface area contributed by atoms with Crippen LogP contribution in [0.5, 0.6) is 0 Å². The number of thiophene rings is 1. The Labute approximate surface area is 261 Å². The molecule has 1 N–H and O–H groups in total. The lowest BCUT2D eigenvalue weighted by molar-refractivity contribution is -0.137. The van der Waals surface area contributed by atoms with Crippen molar-refractivity contribution < 1.29 is 9.53 Å².